The summed E-state index contributed by atoms with van der Waals surface area (Å²) >= 11 is 6.09. The number of nitrogens with one attached hydrogen (secondary N) is 2. The minimum absolute atomic E-state index is 0.0178. The van der Waals surface area contributed by atoms with Gasteiger partial charge in [-0.2, -0.15) is 0 Å². The fraction of sp³-hybridized carbons (Fsp3) is 0.312. The maximum atomic E-state index is 12.5. The first-order valence-corrected chi connectivity index (χ1v) is 13.7. The Balaban J connectivity index is 1.25. The highest BCUT2D eigenvalue weighted by Crippen LogP contribution is 2.18. The van der Waals surface area contributed by atoms with Gasteiger partial charge in [0.25, 0.3) is 0 Å². The molecule has 0 fully saturated rings. The molecule has 2 aromatic heterocycles. The molecule has 0 saturated carbocycles. The van der Waals surface area contributed by atoms with E-state index >= 15 is 0 Å². The van der Waals surface area contributed by atoms with E-state index in [0.29, 0.717) is 19.5 Å². The van der Waals surface area contributed by atoms with Crippen molar-refractivity contribution in [3.63, 3.8) is 0 Å². The molecule has 0 saturated heterocycles. The minimum atomic E-state index is -0.652. The zero-order valence-corrected chi connectivity index (χ0v) is 23.8. The Morgan fingerprint density at radius 3 is 2.41 bits per heavy atom. The van der Waals surface area contributed by atoms with Crippen molar-refractivity contribution in [2.45, 2.75) is 59.2 Å². The monoisotopic (exact) mass is 544 g/mol. The van der Waals surface area contributed by atoms with Gasteiger partial charge in [-0.15, -0.1) is 0 Å². The number of amides is 1. The van der Waals surface area contributed by atoms with E-state index in [1.165, 1.54) is 0 Å². The van der Waals surface area contributed by atoms with Gasteiger partial charge < -0.3 is 20.3 Å². The number of nitrogens with zero attached hydrogens (tertiary/aromatic N) is 2. The fourth-order valence-electron chi connectivity index (χ4n) is 4.74. The summed E-state index contributed by atoms with van der Waals surface area (Å²) in [5.74, 6) is 0.830. The minimum Gasteiger partial charge on any atom is -0.387 e. The van der Waals surface area contributed by atoms with Crippen molar-refractivity contribution in [3.05, 3.63) is 117 Å². The first-order chi connectivity index (χ1) is 18.7. The van der Waals surface area contributed by atoms with Crippen molar-refractivity contribution >= 4 is 17.5 Å². The van der Waals surface area contributed by atoms with Crippen LogP contribution in [-0.2, 0) is 24.2 Å². The number of aromatic nitrogens is 2. The number of rotatable bonds is 11. The zero-order chi connectivity index (χ0) is 27.9. The molecule has 2 unspecified atom stereocenters. The molecular weight excluding hydrogens is 508 g/mol. The first kappa shape index (κ1) is 28.6. The van der Waals surface area contributed by atoms with Crippen LogP contribution in [-0.4, -0.2) is 33.2 Å². The molecule has 4 rings (SSSR count). The molecule has 0 aliphatic rings. The van der Waals surface area contributed by atoms with Crippen LogP contribution < -0.4 is 10.6 Å². The van der Waals surface area contributed by atoms with E-state index < -0.39 is 6.10 Å². The number of pyridine rings is 1. The standard InChI is InChI=1S/C32H37ClN4O2/c1-21-14-27(10-12-29(21)33)18-36-32(39)17-26-7-5-6-25(16-26)15-22(2)34-20-30(38)28-11-13-31(35-19-28)37-23(3)8-9-24(37)4/h5-14,16,19,22,30,34,38H,15,17-18,20H2,1-4H3,(H,36,39). The van der Waals surface area contributed by atoms with E-state index in [1.54, 1.807) is 6.20 Å². The molecular formula is C32H37ClN4O2. The second-order valence-corrected chi connectivity index (χ2v) is 10.7. The quantitative estimate of drug-likeness (QED) is 0.231. The molecule has 0 aliphatic heterocycles. The van der Waals surface area contributed by atoms with Gasteiger partial charge >= 0.3 is 0 Å². The predicted octanol–water partition coefficient (Wildman–Crippen LogP) is 5.56. The van der Waals surface area contributed by atoms with Crippen LogP contribution >= 0.6 is 11.6 Å². The smallest absolute Gasteiger partial charge is 0.224 e. The van der Waals surface area contributed by atoms with Crippen molar-refractivity contribution < 1.29 is 9.90 Å². The van der Waals surface area contributed by atoms with Crippen molar-refractivity contribution in [2.24, 2.45) is 0 Å². The zero-order valence-electron chi connectivity index (χ0n) is 23.0. The number of aryl methyl sites for hydroxylation is 3. The number of hydrogen-bond acceptors (Lipinski definition) is 4. The average Bonchev–Trinajstić information content (AvgIpc) is 3.25. The fourth-order valence-corrected chi connectivity index (χ4v) is 4.86. The summed E-state index contributed by atoms with van der Waals surface area (Å²) in [5, 5.41) is 17.9. The Labute approximate surface area is 236 Å². The van der Waals surface area contributed by atoms with Crippen LogP contribution in [0.1, 0.15) is 52.2 Å². The molecule has 0 aliphatic carbocycles. The van der Waals surface area contributed by atoms with Gasteiger partial charge in [0.2, 0.25) is 5.91 Å². The van der Waals surface area contributed by atoms with Crippen LogP contribution in [0.4, 0.5) is 0 Å². The second kappa shape index (κ2) is 13.1. The number of halogens is 1. The maximum absolute atomic E-state index is 12.5. The van der Waals surface area contributed by atoms with Gasteiger partial charge in [0.1, 0.15) is 5.82 Å². The van der Waals surface area contributed by atoms with Crippen molar-refractivity contribution in [1.82, 2.24) is 20.2 Å². The van der Waals surface area contributed by atoms with Crippen LogP contribution in [0, 0.1) is 20.8 Å². The molecule has 4 aromatic rings. The van der Waals surface area contributed by atoms with Crippen molar-refractivity contribution in [2.75, 3.05) is 6.54 Å². The predicted molar refractivity (Wildman–Crippen MR) is 157 cm³/mol. The van der Waals surface area contributed by atoms with Gasteiger partial charge in [-0.05, 0) is 80.6 Å². The molecule has 2 aromatic carbocycles. The van der Waals surface area contributed by atoms with Gasteiger partial charge in [-0.25, -0.2) is 4.98 Å². The van der Waals surface area contributed by atoms with Crippen molar-refractivity contribution in [1.29, 1.82) is 0 Å². The van der Waals surface area contributed by atoms with Crippen LogP contribution in [0.25, 0.3) is 5.82 Å². The van der Waals surface area contributed by atoms with Crippen LogP contribution in [0.15, 0.2) is 72.9 Å². The molecule has 1 amide bonds. The number of aliphatic hydroxyl groups is 1. The summed E-state index contributed by atoms with van der Waals surface area (Å²) in [5.41, 5.74) is 7.18. The lowest BCUT2D eigenvalue weighted by Crippen LogP contribution is -2.32. The molecule has 204 valence electrons. The molecule has 2 heterocycles. The second-order valence-electron chi connectivity index (χ2n) is 10.3. The highest BCUT2D eigenvalue weighted by molar-refractivity contribution is 6.31. The summed E-state index contributed by atoms with van der Waals surface area (Å²) in [6.07, 6.45) is 2.20. The Bertz CT molecular complexity index is 1390. The van der Waals surface area contributed by atoms with Gasteiger partial charge in [0.05, 0.1) is 12.5 Å². The van der Waals surface area contributed by atoms with E-state index in [4.69, 9.17) is 11.6 Å². The summed E-state index contributed by atoms with van der Waals surface area (Å²) in [7, 11) is 0. The number of aliphatic hydroxyl groups excluding tert-OH is 1. The van der Waals surface area contributed by atoms with Crippen LogP contribution in [0.2, 0.25) is 5.02 Å². The topological polar surface area (TPSA) is 79.2 Å². The lowest BCUT2D eigenvalue weighted by molar-refractivity contribution is -0.120. The Hall–Kier alpha value is -3.45. The lowest BCUT2D eigenvalue weighted by Gasteiger charge is -2.18. The van der Waals surface area contributed by atoms with Gasteiger partial charge in [0.15, 0.2) is 0 Å². The van der Waals surface area contributed by atoms with E-state index in [2.05, 4.69) is 65.2 Å². The van der Waals surface area contributed by atoms with Crippen LogP contribution in [0.3, 0.4) is 0 Å². The normalized spacial score (nSPS) is 12.8. The third-order valence-electron chi connectivity index (χ3n) is 6.93. The third kappa shape index (κ3) is 7.79. The molecule has 0 radical (unpaired) electrons. The molecule has 3 N–H and O–H groups in total. The Kier molecular flexibility index (Phi) is 9.57. The first-order valence-electron chi connectivity index (χ1n) is 13.3. The Morgan fingerprint density at radius 2 is 1.72 bits per heavy atom. The van der Waals surface area contributed by atoms with Gasteiger partial charge in [-0.1, -0.05) is 54.1 Å². The Morgan fingerprint density at radius 1 is 0.974 bits per heavy atom. The van der Waals surface area contributed by atoms with E-state index in [9.17, 15) is 9.90 Å². The maximum Gasteiger partial charge on any atom is 0.224 e. The van der Waals surface area contributed by atoms with E-state index in [1.807, 2.05) is 49.4 Å². The van der Waals surface area contributed by atoms with Gasteiger partial charge in [0, 0.05) is 47.3 Å². The largest absolute Gasteiger partial charge is 0.387 e. The summed E-state index contributed by atoms with van der Waals surface area (Å²) < 4.78 is 2.09. The number of benzene rings is 2. The molecule has 7 heteroatoms. The van der Waals surface area contributed by atoms with Crippen molar-refractivity contribution in [3.8, 4) is 5.82 Å². The highest BCUT2D eigenvalue weighted by Gasteiger charge is 2.13. The lowest BCUT2D eigenvalue weighted by atomic mass is 10.0. The highest BCUT2D eigenvalue weighted by atomic mass is 35.5. The van der Waals surface area contributed by atoms with Gasteiger partial charge in [-0.3, -0.25) is 4.79 Å². The summed E-state index contributed by atoms with van der Waals surface area (Å²) in [6.45, 7) is 9.06. The van der Waals surface area contributed by atoms with Crippen LogP contribution in [0.5, 0.6) is 0 Å². The summed E-state index contributed by atoms with van der Waals surface area (Å²) in [6, 6.07) is 22.1. The molecule has 2 atom stereocenters. The average molecular weight is 545 g/mol. The molecule has 0 bridgehead atoms. The molecule has 39 heavy (non-hydrogen) atoms. The number of carbonyl (C=O) groups excluding carboxylic acids is 1. The van der Waals surface area contributed by atoms with E-state index in [-0.39, 0.29) is 11.9 Å². The number of hydrogen-bond donors (Lipinski definition) is 3. The number of carbonyl (C=O) groups is 1. The SMILES string of the molecule is Cc1cc(CNC(=O)Cc2cccc(CC(C)NCC(O)c3ccc(-n4c(C)ccc4C)nc3)c2)ccc1Cl. The molecule has 6 nitrogen and oxygen atoms in total. The summed E-state index contributed by atoms with van der Waals surface area (Å²) in [4.78, 5) is 17.1. The molecule has 0 spiro atoms. The van der Waals surface area contributed by atoms with E-state index in [0.717, 1.165) is 56.5 Å². The third-order valence-corrected chi connectivity index (χ3v) is 7.35.